The Balaban J connectivity index is 1.86. The van der Waals surface area contributed by atoms with Crippen molar-refractivity contribution < 1.29 is 0 Å². The van der Waals surface area contributed by atoms with Gasteiger partial charge in [-0.15, -0.1) is 11.3 Å². The van der Waals surface area contributed by atoms with Crippen molar-refractivity contribution in [3.8, 4) is 0 Å². The average molecular weight is 315 g/mol. The van der Waals surface area contributed by atoms with Crippen LogP contribution in [0.3, 0.4) is 0 Å². The number of rotatable bonds is 3. The fraction of sp³-hybridized carbons (Fsp3) is 0.692. The summed E-state index contributed by atoms with van der Waals surface area (Å²) in [5.41, 5.74) is 6.24. The molecule has 0 aromatic carbocycles. The van der Waals surface area contributed by atoms with Crippen LogP contribution in [0.2, 0.25) is 0 Å². The van der Waals surface area contributed by atoms with Crippen LogP contribution < -0.4 is 5.73 Å². The van der Waals surface area contributed by atoms with Gasteiger partial charge in [0.05, 0.1) is 6.04 Å². The van der Waals surface area contributed by atoms with Gasteiger partial charge in [-0.05, 0) is 54.1 Å². The van der Waals surface area contributed by atoms with Crippen LogP contribution in [0.5, 0.6) is 0 Å². The third kappa shape index (κ3) is 2.21. The van der Waals surface area contributed by atoms with Crippen molar-refractivity contribution >= 4 is 27.3 Å². The second-order valence-electron chi connectivity index (χ2n) is 5.50. The summed E-state index contributed by atoms with van der Waals surface area (Å²) in [5, 5.41) is 2.17. The molecular formula is C13H19BrN2S. The minimum atomic E-state index is 0.208. The highest BCUT2D eigenvalue weighted by atomic mass is 79.9. The second-order valence-corrected chi connectivity index (χ2v) is 7.36. The zero-order valence-electron chi connectivity index (χ0n) is 10.1. The molecule has 2 fully saturated rings. The molecule has 17 heavy (non-hydrogen) atoms. The smallest absolute Gasteiger partial charge is 0.0593 e. The topological polar surface area (TPSA) is 29.3 Å². The Morgan fingerprint density at radius 2 is 2.35 bits per heavy atom. The van der Waals surface area contributed by atoms with Crippen LogP contribution in [-0.4, -0.2) is 23.5 Å². The quantitative estimate of drug-likeness (QED) is 0.926. The lowest BCUT2D eigenvalue weighted by atomic mass is 10.0. The van der Waals surface area contributed by atoms with Crippen molar-refractivity contribution in [3.63, 3.8) is 0 Å². The summed E-state index contributed by atoms with van der Waals surface area (Å²) in [5.74, 6) is 0.935. The summed E-state index contributed by atoms with van der Waals surface area (Å²) in [6.07, 6.45) is 4.21. The number of thiophene rings is 1. The van der Waals surface area contributed by atoms with Gasteiger partial charge in [0.1, 0.15) is 0 Å². The normalized spacial score (nSPS) is 31.9. The van der Waals surface area contributed by atoms with E-state index in [0.717, 1.165) is 12.0 Å². The minimum Gasteiger partial charge on any atom is -0.326 e. The molecule has 4 unspecified atom stereocenters. The van der Waals surface area contributed by atoms with Crippen LogP contribution >= 0.6 is 27.3 Å². The molecule has 1 aromatic rings. The Labute approximate surface area is 115 Å². The molecule has 4 heteroatoms. The Hall–Kier alpha value is 0.1000. The first-order valence-corrected chi connectivity index (χ1v) is 8.07. The lowest BCUT2D eigenvalue weighted by Crippen LogP contribution is -2.43. The molecule has 1 aliphatic heterocycles. The number of hydrogen-bond donors (Lipinski definition) is 1. The van der Waals surface area contributed by atoms with Gasteiger partial charge in [-0.25, -0.2) is 0 Å². The number of likely N-dealkylation sites (tertiary alicyclic amines) is 1. The summed E-state index contributed by atoms with van der Waals surface area (Å²) in [7, 11) is 0. The number of hydrogen-bond acceptors (Lipinski definition) is 3. The predicted octanol–water partition coefficient (Wildman–Crippen LogP) is 3.38. The van der Waals surface area contributed by atoms with E-state index in [2.05, 4.69) is 39.2 Å². The monoisotopic (exact) mass is 314 g/mol. The molecule has 2 N–H and O–H groups in total. The first kappa shape index (κ1) is 12.2. The van der Waals surface area contributed by atoms with Crippen LogP contribution in [0.4, 0.5) is 0 Å². The van der Waals surface area contributed by atoms with Gasteiger partial charge in [0.15, 0.2) is 0 Å². The summed E-state index contributed by atoms with van der Waals surface area (Å²) in [6.45, 7) is 3.40. The molecule has 2 nitrogen and oxygen atoms in total. The summed E-state index contributed by atoms with van der Waals surface area (Å²) in [6, 6.07) is 3.66. The maximum absolute atomic E-state index is 6.24. The van der Waals surface area contributed by atoms with Gasteiger partial charge in [0.2, 0.25) is 0 Å². The van der Waals surface area contributed by atoms with Crippen LogP contribution in [0.15, 0.2) is 15.9 Å². The standard InChI is InChI=1S/C13H19BrN2S/c1-8(15)13(12-5-10(14)7-17-12)16-6-9-2-3-11(16)4-9/h5,7-9,11,13H,2-4,6,15H2,1H3. The summed E-state index contributed by atoms with van der Waals surface area (Å²) >= 11 is 5.38. The van der Waals surface area contributed by atoms with Gasteiger partial charge >= 0.3 is 0 Å². The number of halogens is 1. The molecule has 2 bridgehead atoms. The number of nitrogens with two attached hydrogens (primary N) is 1. The number of nitrogens with zero attached hydrogens (tertiary/aromatic N) is 1. The van der Waals surface area contributed by atoms with Gasteiger partial charge in [0.25, 0.3) is 0 Å². The van der Waals surface area contributed by atoms with E-state index < -0.39 is 0 Å². The predicted molar refractivity (Wildman–Crippen MR) is 76.2 cm³/mol. The van der Waals surface area contributed by atoms with E-state index in [1.807, 2.05) is 11.3 Å². The van der Waals surface area contributed by atoms with Crippen molar-refractivity contribution in [2.24, 2.45) is 11.7 Å². The lowest BCUT2D eigenvalue weighted by Gasteiger charge is -2.36. The van der Waals surface area contributed by atoms with Gasteiger partial charge in [-0.1, -0.05) is 0 Å². The molecule has 3 rings (SSSR count). The number of fused-ring (bicyclic) bond motifs is 2. The van der Waals surface area contributed by atoms with E-state index in [0.29, 0.717) is 6.04 Å². The zero-order chi connectivity index (χ0) is 12.0. The van der Waals surface area contributed by atoms with Gasteiger partial charge in [-0.3, -0.25) is 4.90 Å². The van der Waals surface area contributed by atoms with E-state index in [4.69, 9.17) is 5.73 Å². The molecule has 1 saturated carbocycles. The fourth-order valence-electron chi connectivity index (χ4n) is 3.51. The van der Waals surface area contributed by atoms with Crippen LogP contribution in [0.1, 0.15) is 37.1 Å². The van der Waals surface area contributed by atoms with Crippen LogP contribution in [0.25, 0.3) is 0 Å². The maximum atomic E-state index is 6.24. The SMILES string of the molecule is CC(N)C(c1cc(Br)cs1)N1CC2CCC1C2. The van der Waals surface area contributed by atoms with Crippen molar-refractivity contribution in [2.75, 3.05) is 6.54 Å². The molecule has 0 radical (unpaired) electrons. The Kier molecular flexibility index (Phi) is 3.32. The molecule has 94 valence electrons. The maximum Gasteiger partial charge on any atom is 0.0593 e. The Morgan fingerprint density at radius 1 is 1.53 bits per heavy atom. The van der Waals surface area contributed by atoms with Crippen LogP contribution in [0, 0.1) is 5.92 Å². The van der Waals surface area contributed by atoms with Crippen LogP contribution in [-0.2, 0) is 0 Å². The largest absolute Gasteiger partial charge is 0.326 e. The van der Waals surface area contributed by atoms with Crippen molar-refractivity contribution in [1.82, 2.24) is 4.90 Å². The van der Waals surface area contributed by atoms with Crippen molar-refractivity contribution in [1.29, 1.82) is 0 Å². The second kappa shape index (κ2) is 4.65. The minimum absolute atomic E-state index is 0.208. The molecule has 0 spiro atoms. The molecular weight excluding hydrogens is 296 g/mol. The molecule has 1 saturated heterocycles. The molecule has 0 amide bonds. The van der Waals surface area contributed by atoms with Gasteiger partial charge in [-0.2, -0.15) is 0 Å². The molecule has 1 aromatic heterocycles. The van der Waals surface area contributed by atoms with E-state index in [1.165, 1.54) is 35.2 Å². The van der Waals surface area contributed by atoms with Gasteiger partial charge < -0.3 is 5.73 Å². The third-order valence-corrected chi connectivity index (χ3v) is 5.95. The summed E-state index contributed by atoms with van der Waals surface area (Å²) in [4.78, 5) is 4.08. The fourth-order valence-corrected chi connectivity index (χ4v) is 5.19. The van der Waals surface area contributed by atoms with Crippen molar-refractivity contribution in [3.05, 3.63) is 20.8 Å². The zero-order valence-corrected chi connectivity index (χ0v) is 12.5. The first-order valence-electron chi connectivity index (χ1n) is 6.40. The van der Waals surface area contributed by atoms with E-state index in [1.54, 1.807) is 0 Å². The van der Waals surface area contributed by atoms with E-state index >= 15 is 0 Å². The lowest BCUT2D eigenvalue weighted by molar-refractivity contribution is 0.135. The molecule has 1 aliphatic carbocycles. The third-order valence-electron chi connectivity index (χ3n) is 4.19. The van der Waals surface area contributed by atoms with Crippen molar-refractivity contribution in [2.45, 2.75) is 44.3 Å². The highest BCUT2D eigenvalue weighted by Crippen LogP contribution is 2.44. The Morgan fingerprint density at radius 3 is 2.82 bits per heavy atom. The van der Waals surface area contributed by atoms with E-state index in [-0.39, 0.29) is 6.04 Å². The Bertz CT molecular complexity index is 404. The van der Waals surface area contributed by atoms with E-state index in [9.17, 15) is 0 Å². The number of piperidine rings is 1. The average Bonchev–Trinajstić information content (AvgIpc) is 2.94. The molecule has 2 aliphatic rings. The molecule has 2 heterocycles. The van der Waals surface area contributed by atoms with Gasteiger partial charge in [0, 0.05) is 33.4 Å². The summed E-state index contributed by atoms with van der Waals surface area (Å²) < 4.78 is 1.19. The highest BCUT2D eigenvalue weighted by molar-refractivity contribution is 9.10. The molecule has 4 atom stereocenters. The first-order chi connectivity index (χ1) is 8.15. The highest BCUT2D eigenvalue weighted by Gasteiger charge is 2.42.